The molecule has 0 heterocycles. The Hall–Kier alpha value is -0.560. The molecular weight excluding hydrogens is 136 g/mol. The van der Waals surface area contributed by atoms with E-state index in [0.29, 0.717) is 0 Å². The van der Waals surface area contributed by atoms with Gasteiger partial charge in [0.05, 0.1) is 6.61 Å². The van der Waals surface area contributed by atoms with E-state index in [1.165, 1.54) is 18.4 Å². The van der Waals surface area contributed by atoms with Crippen molar-refractivity contribution in [2.24, 2.45) is 0 Å². The third-order valence-corrected chi connectivity index (χ3v) is 1.38. The minimum atomic E-state index is 0.760. The quantitative estimate of drug-likeness (QED) is 0.594. The summed E-state index contributed by atoms with van der Waals surface area (Å²) in [4.78, 5) is 0. The van der Waals surface area contributed by atoms with Gasteiger partial charge in [-0.1, -0.05) is 32.1 Å². The first kappa shape index (κ1) is 10.4. The van der Waals surface area contributed by atoms with Gasteiger partial charge in [0, 0.05) is 7.11 Å². The van der Waals surface area contributed by atoms with E-state index < -0.39 is 0 Å². The average Bonchev–Trinajstić information content (AvgIpc) is 2.11. The van der Waals surface area contributed by atoms with E-state index in [-0.39, 0.29) is 0 Å². The highest BCUT2D eigenvalue weighted by Gasteiger charge is 1.93. The molecule has 1 nitrogen and oxygen atoms in total. The molecule has 0 fully saturated rings. The first-order chi connectivity index (χ1) is 5.43. The molecule has 0 saturated carbocycles. The van der Waals surface area contributed by atoms with Crippen molar-refractivity contribution < 1.29 is 4.74 Å². The second-order valence-electron chi connectivity index (χ2n) is 2.19. The maximum atomic E-state index is 4.96. The van der Waals surface area contributed by atoms with Crippen molar-refractivity contribution in [2.45, 2.75) is 26.7 Å². The van der Waals surface area contributed by atoms with Crippen molar-refractivity contribution in [1.82, 2.24) is 0 Å². The summed E-state index contributed by atoms with van der Waals surface area (Å²) in [5.41, 5.74) is 1.31. The Labute approximate surface area is 69.8 Å². The molecule has 64 valence electrons. The smallest absolute Gasteiger partial charge is 0.0709 e. The number of methoxy groups -OCH3 is 1. The molecule has 0 spiro atoms. The van der Waals surface area contributed by atoms with E-state index in [0.717, 1.165) is 6.61 Å². The number of rotatable bonds is 2. The van der Waals surface area contributed by atoms with Gasteiger partial charge in [-0.3, -0.25) is 0 Å². The van der Waals surface area contributed by atoms with Gasteiger partial charge in [-0.15, -0.1) is 0 Å². The fraction of sp³-hybridized carbons (Fsp3) is 0.600. The molecule has 0 saturated heterocycles. The van der Waals surface area contributed by atoms with Crippen LogP contribution in [0.5, 0.6) is 0 Å². The summed E-state index contributed by atoms with van der Waals surface area (Å²) in [5.74, 6) is 0. The van der Waals surface area contributed by atoms with Crippen LogP contribution in [0.4, 0.5) is 0 Å². The predicted octanol–water partition coefficient (Wildman–Crippen LogP) is 2.94. The molecule has 1 rings (SSSR count). The lowest BCUT2D eigenvalue weighted by molar-refractivity contribution is 0.228. The fourth-order valence-corrected chi connectivity index (χ4v) is 0.941. The van der Waals surface area contributed by atoms with E-state index in [4.69, 9.17) is 4.74 Å². The van der Waals surface area contributed by atoms with Gasteiger partial charge in [-0.25, -0.2) is 0 Å². The van der Waals surface area contributed by atoms with Crippen LogP contribution in [0.1, 0.15) is 26.7 Å². The van der Waals surface area contributed by atoms with E-state index in [2.05, 4.69) is 18.2 Å². The lowest BCUT2D eigenvalue weighted by Crippen LogP contribution is -1.93. The van der Waals surface area contributed by atoms with Gasteiger partial charge in [0.25, 0.3) is 0 Å². The normalized spacial score (nSPS) is 15.0. The monoisotopic (exact) mass is 154 g/mol. The van der Waals surface area contributed by atoms with Gasteiger partial charge < -0.3 is 4.74 Å². The topological polar surface area (TPSA) is 9.23 Å². The summed E-state index contributed by atoms with van der Waals surface area (Å²) in [6.45, 7) is 4.76. The highest BCUT2D eigenvalue weighted by Crippen LogP contribution is 2.08. The summed E-state index contributed by atoms with van der Waals surface area (Å²) in [6.07, 6.45) is 8.91. The minimum Gasteiger partial charge on any atom is -0.380 e. The highest BCUT2D eigenvalue weighted by molar-refractivity contribution is 5.22. The van der Waals surface area contributed by atoms with Crippen LogP contribution in [-0.4, -0.2) is 13.7 Å². The van der Waals surface area contributed by atoms with E-state index in [1.807, 2.05) is 13.8 Å². The van der Waals surface area contributed by atoms with Gasteiger partial charge in [-0.05, 0) is 18.4 Å². The summed E-state index contributed by atoms with van der Waals surface area (Å²) in [5, 5.41) is 0. The Bertz CT molecular complexity index is 134. The van der Waals surface area contributed by atoms with Crippen LogP contribution in [0.15, 0.2) is 23.8 Å². The van der Waals surface area contributed by atoms with Crippen LogP contribution in [0.2, 0.25) is 0 Å². The SMILES string of the molecule is CC.COCC1=CCCC=C1. The molecule has 1 aliphatic rings. The van der Waals surface area contributed by atoms with Crippen molar-refractivity contribution in [2.75, 3.05) is 13.7 Å². The predicted molar refractivity (Wildman–Crippen MR) is 49.7 cm³/mol. The number of hydrogen-bond acceptors (Lipinski definition) is 1. The van der Waals surface area contributed by atoms with Crippen LogP contribution in [0.25, 0.3) is 0 Å². The van der Waals surface area contributed by atoms with Gasteiger partial charge in [0.2, 0.25) is 0 Å². The summed E-state index contributed by atoms with van der Waals surface area (Å²) < 4.78 is 4.96. The number of hydrogen-bond donors (Lipinski definition) is 0. The van der Waals surface area contributed by atoms with Crippen LogP contribution in [0, 0.1) is 0 Å². The lowest BCUT2D eigenvalue weighted by atomic mass is 10.1. The van der Waals surface area contributed by atoms with Crippen LogP contribution < -0.4 is 0 Å². The second-order valence-corrected chi connectivity index (χ2v) is 2.19. The van der Waals surface area contributed by atoms with Crippen LogP contribution >= 0.6 is 0 Å². The molecule has 0 aromatic heterocycles. The van der Waals surface area contributed by atoms with Crippen molar-refractivity contribution in [1.29, 1.82) is 0 Å². The summed E-state index contributed by atoms with van der Waals surface area (Å²) >= 11 is 0. The van der Waals surface area contributed by atoms with Gasteiger partial charge in [0.15, 0.2) is 0 Å². The lowest BCUT2D eigenvalue weighted by Gasteiger charge is -2.03. The molecule has 0 aromatic carbocycles. The number of allylic oxidation sites excluding steroid dienone is 2. The molecule has 0 aliphatic heterocycles. The molecule has 11 heavy (non-hydrogen) atoms. The maximum absolute atomic E-state index is 4.96. The van der Waals surface area contributed by atoms with Crippen molar-refractivity contribution in [3.8, 4) is 0 Å². The van der Waals surface area contributed by atoms with Crippen molar-refractivity contribution >= 4 is 0 Å². The molecule has 0 radical (unpaired) electrons. The molecule has 0 atom stereocenters. The van der Waals surface area contributed by atoms with Crippen LogP contribution in [-0.2, 0) is 4.74 Å². The Morgan fingerprint density at radius 3 is 2.55 bits per heavy atom. The van der Waals surface area contributed by atoms with Gasteiger partial charge >= 0.3 is 0 Å². The Morgan fingerprint density at radius 2 is 2.09 bits per heavy atom. The molecule has 0 bridgehead atoms. The Morgan fingerprint density at radius 1 is 1.36 bits per heavy atom. The summed E-state index contributed by atoms with van der Waals surface area (Å²) in [7, 11) is 1.73. The molecule has 0 unspecified atom stereocenters. The third kappa shape index (κ3) is 4.79. The standard InChI is InChI=1S/C8H12O.C2H6/c1-9-7-8-5-3-2-4-6-8;1-2/h3,5-6H,2,4,7H2,1H3;1-2H3. The highest BCUT2D eigenvalue weighted by atomic mass is 16.5. The van der Waals surface area contributed by atoms with E-state index in [1.54, 1.807) is 7.11 Å². The number of ether oxygens (including phenoxy) is 1. The molecule has 0 N–H and O–H groups in total. The Kier molecular flexibility index (Phi) is 7.16. The van der Waals surface area contributed by atoms with Gasteiger partial charge in [0.1, 0.15) is 0 Å². The van der Waals surface area contributed by atoms with Crippen molar-refractivity contribution in [3.63, 3.8) is 0 Å². The van der Waals surface area contributed by atoms with E-state index >= 15 is 0 Å². The maximum Gasteiger partial charge on any atom is 0.0709 e. The third-order valence-electron chi connectivity index (χ3n) is 1.38. The molecule has 0 amide bonds. The Balaban J connectivity index is 0.000000461. The first-order valence-electron chi connectivity index (χ1n) is 4.28. The summed E-state index contributed by atoms with van der Waals surface area (Å²) in [6, 6.07) is 0. The molecule has 1 heteroatoms. The fourth-order valence-electron chi connectivity index (χ4n) is 0.941. The zero-order valence-electron chi connectivity index (χ0n) is 7.76. The molecular formula is C10H18O. The zero-order chi connectivity index (χ0) is 8.53. The largest absolute Gasteiger partial charge is 0.380 e. The minimum absolute atomic E-state index is 0.760. The second kappa shape index (κ2) is 7.55. The average molecular weight is 154 g/mol. The van der Waals surface area contributed by atoms with Crippen LogP contribution in [0.3, 0.4) is 0 Å². The van der Waals surface area contributed by atoms with Gasteiger partial charge in [-0.2, -0.15) is 0 Å². The van der Waals surface area contributed by atoms with Crippen molar-refractivity contribution in [3.05, 3.63) is 23.8 Å². The molecule has 1 aliphatic carbocycles. The first-order valence-corrected chi connectivity index (χ1v) is 4.28. The molecule has 0 aromatic rings. The zero-order valence-corrected chi connectivity index (χ0v) is 7.76. The van der Waals surface area contributed by atoms with E-state index in [9.17, 15) is 0 Å².